The Kier molecular flexibility index (Phi) is 6.45. The number of anilines is 1. The van der Waals surface area contributed by atoms with E-state index in [0.717, 1.165) is 19.1 Å². The van der Waals surface area contributed by atoms with Crippen LogP contribution in [0.2, 0.25) is 0 Å². The third-order valence-electron chi connectivity index (χ3n) is 5.04. The van der Waals surface area contributed by atoms with Gasteiger partial charge in [0.15, 0.2) is 0 Å². The lowest BCUT2D eigenvalue weighted by atomic mass is 10.0. The van der Waals surface area contributed by atoms with Crippen LogP contribution in [0.25, 0.3) is 0 Å². The molecule has 2 aromatic carbocycles. The lowest BCUT2D eigenvalue weighted by Crippen LogP contribution is -2.30. The number of sulfonamides is 1. The number of imide groups is 1. The summed E-state index contributed by atoms with van der Waals surface area (Å²) in [6.45, 7) is 4.06. The molecule has 1 heterocycles. The SMILES string of the molecule is CCCCN1C(=O)c2ccc(C(=O)NC(C)c3ccccc3NS(C)(=O)=O)cc2C1=O. The van der Waals surface area contributed by atoms with Gasteiger partial charge in [-0.3, -0.25) is 24.0 Å². The van der Waals surface area contributed by atoms with Crippen molar-refractivity contribution in [3.8, 4) is 0 Å². The van der Waals surface area contributed by atoms with E-state index in [1.807, 2.05) is 6.92 Å². The van der Waals surface area contributed by atoms with E-state index in [1.54, 1.807) is 31.2 Å². The molecular formula is C22H25N3O5S. The van der Waals surface area contributed by atoms with Crippen molar-refractivity contribution in [1.29, 1.82) is 0 Å². The van der Waals surface area contributed by atoms with E-state index in [1.165, 1.54) is 23.1 Å². The number of nitrogens with zero attached hydrogens (tertiary/aromatic N) is 1. The van der Waals surface area contributed by atoms with Gasteiger partial charge in [0.2, 0.25) is 10.0 Å². The Balaban J connectivity index is 1.80. The average molecular weight is 444 g/mol. The number of rotatable bonds is 8. The number of carbonyl (C=O) groups is 3. The highest BCUT2D eigenvalue weighted by atomic mass is 32.2. The van der Waals surface area contributed by atoms with Gasteiger partial charge in [-0.1, -0.05) is 31.5 Å². The van der Waals surface area contributed by atoms with Crippen LogP contribution in [0.1, 0.15) is 69.4 Å². The fourth-order valence-corrected chi connectivity index (χ4v) is 4.06. The van der Waals surface area contributed by atoms with Crippen molar-refractivity contribution in [3.05, 3.63) is 64.7 Å². The summed E-state index contributed by atoms with van der Waals surface area (Å²) in [4.78, 5) is 39.1. The van der Waals surface area contributed by atoms with Crippen molar-refractivity contribution >= 4 is 33.4 Å². The van der Waals surface area contributed by atoms with Crippen molar-refractivity contribution in [2.45, 2.75) is 32.7 Å². The highest BCUT2D eigenvalue weighted by molar-refractivity contribution is 7.92. The number of amides is 3. The standard InChI is InChI=1S/C22H25N3O5S/c1-4-5-12-25-21(27)17-11-10-15(13-18(17)22(25)28)20(26)23-14(2)16-8-6-7-9-19(16)24-31(3,29)30/h6-11,13-14,24H,4-5,12H2,1-3H3,(H,23,26). The molecule has 2 N–H and O–H groups in total. The van der Waals surface area contributed by atoms with E-state index in [0.29, 0.717) is 23.4 Å². The average Bonchev–Trinajstić information content (AvgIpc) is 2.95. The maximum atomic E-state index is 12.8. The Morgan fingerprint density at radius 2 is 1.74 bits per heavy atom. The molecule has 8 nitrogen and oxygen atoms in total. The molecule has 3 amide bonds. The number of carbonyl (C=O) groups excluding carboxylic acids is 3. The Labute approximate surface area is 181 Å². The molecule has 31 heavy (non-hydrogen) atoms. The second kappa shape index (κ2) is 8.89. The van der Waals surface area contributed by atoms with Crippen molar-refractivity contribution in [3.63, 3.8) is 0 Å². The lowest BCUT2D eigenvalue weighted by Gasteiger charge is -2.18. The zero-order valence-corrected chi connectivity index (χ0v) is 18.5. The Hall–Kier alpha value is -3.20. The molecule has 0 aromatic heterocycles. The summed E-state index contributed by atoms with van der Waals surface area (Å²) in [5.41, 5.74) is 1.74. The number of hydrogen-bond donors (Lipinski definition) is 2. The second-order valence-electron chi connectivity index (χ2n) is 7.53. The molecule has 1 atom stereocenters. The molecule has 0 radical (unpaired) electrons. The molecule has 0 bridgehead atoms. The molecule has 0 aliphatic carbocycles. The van der Waals surface area contributed by atoms with Crippen LogP contribution in [0.15, 0.2) is 42.5 Å². The zero-order valence-electron chi connectivity index (χ0n) is 17.6. The first-order chi connectivity index (χ1) is 14.6. The minimum absolute atomic E-state index is 0.223. The Morgan fingerprint density at radius 1 is 1.06 bits per heavy atom. The molecule has 164 valence electrons. The van der Waals surface area contributed by atoms with Crippen LogP contribution < -0.4 is 10.0 Å². The quantitative estimate of drug-likeness (QED) is 0.609. The van der Waals surface area contributed by atoms with E-state index < -0.39 is 22.0 Å². The number of benzene rings is 2. The summed E-state index contributed by atoms with van der Waals surface area (Å²) in [5, 5.41) is 2.82. The molecule has 2 aromatic rings. The first-order valence-corrected chi connectivity index (χ1v) is 11.9. The van der Waals surface area contributed by atoms with E-state index in [2.05, 4.69) is 10.0 Å². The van der Waals surface area contributed by atoms with Crippen molar-refractivity contribution in [2.24, 2.45) is 0 Å². The van der Waals surface area contributed by atoms with Gasteiger partial charge in [0.05, 0.1) is 29.1 Å². The highest BCUT2D eigenvalue weighted by Crippen LogP contribution is 2.26. The van der Waals surface area contributed by atoms with Gasteiger partial charge in [-0.05, 0) is 43.2 Å². The van der Waals surface area contributed by atoms with E-state index in [4.69, 9.17) is 0 Å². The summed E-state index contributed by atoms with van der Waals surface area (Å²) in [7, 11) is -3.48. The van der Waals surface area contributed by atoms with E-state index in [-0.39, 0.29) is 22.9 Å². The molecule has 0 fully saturated rings. The maximum absolute atomic E-state index is 12.8. The van der Waals surface area contributed by atoms with Crippen molar-refractivity contribution in [2.75, 3.05) is 17.5 Å². The molecule has 3 rings (SSSR count). The summed E-state index contributed by atoms with van der Waals surface area (Å²) in [6, 6.07) is 10.7. The van der Waals surface area contributed by atoms with Crippen LogP contribution in [-0.2, 0) is 10.0 Å². The maximum Gasteiger partial charge on any atom is 0.261 e. The summed E-state index contributed by atoms with van der Waals surface area (Å²) in [6.07, 6.45) is 2.63. The summed E-state index contributed by atoms with van der Waals surface area (Å²) >= 11 is 0. The van der Waals surface area contributed by atoms with Gasteiger partial charge in [-0.2, -0.15) is 0 Å². The third kappa shape index (κ3) is 4.93. The van der Waals surface area contributed by atoms with Gasteiger partial charge in [0, 0.05) is 12.1 Å². The highest BCUT2D eigenvalue weighted by Gasteiger charge is 2.35. The normalized spacial score (nSPS) is 14.4. The predicted octanol–water partition coefficient (Wildman–Crippen LogP) is 2.95. The fraction of sp³-hybridized carbons (Fsp3) is 0.318. The van der Waals surface area contributed by atoms with Gasteiger partial charge in [0.25, 0.3) is 17.7 Å². The van der Waals surface area contributed by atoms with Gasteiger partial charge < -0.3 is 5.32 Å². The number of fused-ring (bicyclic) bond motifs is 1. The smallest absolute Gasteiger partial charge is 0.261 e. The lowest BCUT2D eigenvalue weighted by molar-refractivity contribution is 0.0652. The molecule has 0 saturated carbocycles. The molecular weight excluding hydrogens is 418 g/mol. The fourth-order valence-electron chi connectivity index (χ4n) is 3.48. The summed E-state index contributed by atoms with van der Waals surface area (Å²) in [5.74, 6) is -1.16. The molecule has 1 aliphatic heterocycles. The van der Waals surface area contributed by atoms with Crippen LogP contribution in [0.3, 0.4) is 0 Å². The topological polar surface area (TPSA) is 113 Å². The predicted molar refractivity (Wildman–Crippen MR) is 118 cm³/mol. The minimum Gasteiger partial charge on any atom is -0.345 e. The number of para-hydroxylation sites is 1. The number of hydrogen-bond acceptors (Lipinski definition) is 5. The van der Waals surface area contributed by atoms with Crippen LogP contribution >= 0.6 is 0 Å². The number of unbranched alkanes of at least 4 members (excludes halogenated alkanes) is 1. The van der Waals surface area contributed by atoms with Gasteiger partial charge in [-0.15, -0.1) is 0 Å². The summed E-state index contributed by atoms with van der Waals surface area (Å²) < 4.78 is 25.7. The molecule has 0 saturated heterocycles. The van der Waals surface area contributed by atoms with Gasteiger partial charge >= 0.3 is 0 Å². The molecule has 1 aliphatic rings. The van der Waals surface area contributed by atoms with Crippen LogP contribution in [-0.4, -0.2) is 43.8 Å². The third-order valence-corrected chi connectivity index (χ3v) is 5.63. The molecule has 1 unspecified atom stereocenters. The second-order valence-corrected chi connectivity index (χ2v) is 9.28. The Morgan fingerprint density at radius 3 is 2.42 bits per heavy atom. The first kappa shape index (κ1) is 22.5. The minimum atomic E-state index is -3.48. The number of nitrogens with one attached hydrogen (secondary N) is 2. The first-order valence-electron chi connectivity index (χ1n) is 10.00. The molecule has 9 heteroatoms. The van der Waals surface area contributed by atoms with Crippen LogP contribution in [0, 0.1) is 0 Å². The molecule has 0 spiro atoms. The van der Waals surface area contributed by atoms with Crippen molar-refractivity contribution < 1.29 is 22.8 Å². The van der Waals surface area contributed by atoms with Crippen molar-refractivity contribution in [1.82, 2.24) is 10.2 Å². The largest absolute Gasteiger partial charge is 0.345 e. The van der Waals surface area contributed by atoms with E-state index >= 15 is 0 Å². The van der Waals surface area contributed by atoms with Gasteiger partial charge in [0.1, 0.15) is 0 Å². The Bertz CT molecular complexity index is 1140. The zero-order chi connectivity index (χ0) is 22.8. The van der Waals surface area contributed by atoms with Crippen LogP contribution in [0.5, 0.6) is 0 Å². The van der Waals surface area contributed by atoms with E-state index in [9.17, 15) is 22.8 Å². The monoisotopic (exact) mass is 443 g/mol. The van der Waals surface area contributed by atoms with Crippen LogP contribution in [0.4, 0.5) is 5.69 Å². The van der Waals surface area contributed by atoms with Gasteiger partial charge in [-0.25, -0.2) is 8.42 Å².